The summed E-state index contributed by atoms with van der Waals surface area (Å²) in [5.74, 6) is -0.915. The molecule has 0 radical (unpaired) electrons. The van der Waals surface area contributed by atoms with Crippen LogP contribution in [0.25, 0.3) is 0 Å². The number of ether oxygens (including phenoxy) is 2. The summed E-state index contributed by atoms with van der Waals surface area (Å²) in [5, 5.41) is 5.81. The van der Waals surface area contributed by atoms with Gasteiger partial charge < -0.3 is 20.1 Å². The number of amides is 1. The maximum absolute atomic E-state index is 11.9. The number of hydrogen-bond acceptors (Lipinski definition) is 6. The van der Waals surface area contributed by atoms with Gasteiger partial charge in [0.15, 0.2) is 0 Å². The molecule has 0 aromatic heterocycles. The largest absolute Gasteiger partial charge is 0.469 e. The van der Waals surface area contributed by atoms with Crippen LogP contribution < -0.4 is 10.6 Å². The minimum absolute atomic E-state index is 0. The quantitative estimate of drug-likeness (QED) is 0.654. The van der Waals surface area contributed by atoms with Crippen molar-refractivity contribution in [2.45, 2.75) is 38.1 Å². The van der Waals surface area contributed by atoms with Crippen LogP contribution in [0.15, 0.2) is 0 Å². The first-order valence-corrected chi connectivity index (χ1v) is 7.21. The summed E-state index contributed by atoms with van der Waals surface area (Å²) in [7, 11) is 2.45. The molecule has 128 valence electrons. The van der Waals surface area contributed by atoms with Gasteiger partial charge in [-0.1, -0.05) is 0 Å². The van der Waals surface area contributed by atoms with Crippen LogP contribution in [-0.2, 0) is 23.9 Å². The van der Waals surface area contributed by atoms with Crippen LogP contribution in [0.1, 0.15) is 32.1 Å². The van der Waals surface area contributed by atoms with E-state index in [0.29, 0.717) is 12.3 Å². The lowest BCUT2D eigenvalue weighted by molar-refractivity contribution is -0.150. The Hall–Kier alpha value is -1.34. The number of methoxy groups -OCH3 is 2. The maximum atomic E-state index is 11.9. The monoisotopic (exact) mass is 336 g/mol. The third kappa shape index (κ3) is 7.61. The molecule has 1 amide bonds. The summed E-state index contributed by atoms with van der Waals surface area (Å²) in [5.41, 5.74) is 0. The Kier molecular flexibility index (Phi) is 10.6. The van der Waals surface area contributed by atoms with Crippen LogP contribution in [-0.4, -0.2) is 51.2 Å². The number of carbonyl (C=O) groups excluding carboxylic acids is 3. The van der Waals surface area contributed by atoms with E-state index in [4.69, 9.17) is 0 Å². The van der Waals surface area contributed by atoms with E-state index >= 15 is 0 Å². The van der Waals surface area contributed by atoms with E-state index in [1.165, 1.54) is 14.2 Å². The van der Waals surface area contributed by atoms with Crippen LogP contribution in [0.2, 0.25) is 0 Å². The summed E-state index contributed by atoms with van der Waals surface area (Å²) in [6, 6.07) is -0.983. The topological polar surface area (TPSA) is 93.7 Å². The molecular weight excluding hydrogens is 312 g/mol. The second-order valence-corrected chi connectivity index (χ2v) is 5.16. The second-order valence-electron chi connectivity index (χ2n) is 5.16. The predicted octanol–water partition coefficient (Wildman–Crippen LogP) is 0.409. The Morgan fingerprint density at radius 2 is 1.82 bits per heavy atom. The van der Waals surface area contributed by atoms with Gasteiger partial charge in [-0.2, -0.15) is 0 Å². The molecule has 1 saturated heterocycles. The average molecular weight is 337 g/mol. The van der Waals surface area contributed by atoms with E-state index in [2.05, 4.69) is 20.1 Å². The standard InChI is InChI=1S/C14H24N2O5.ClH/c1-20-13(18)9-11(14(19)21-2)16-12(17)4-3-10-5-7-15-8-6-10;/h10-11,15H,3-9H2,1-2H3,(H,16,17);1H. The summed E-state index contributed by atoms with van der Waals surface area (Å²) >= 11 is 0. The fourth-order valence-corrected chi connectivity index (χ4v) is 2.36. The van der Waals surface area contributed by atoms with Crippen LogP contribution >= 0.6 is 12.4 Å². The highest BCUT2D eigenvalue weighted by molar-refractivity contribution is 5.88. The molecule has 0 aromatic carbocycles. The molecule has 1 rings (SSSR count). The van der Waals surface area contributed by atoms with Crippen LogP contribution in [0.3, 0.4) is 0 Å². The first kappa shape index (κ1) is 20.7. The first-order chi connectivity index (χ1) is 10.1. The zero-order valence-corrected chi connectivity index (χ0v) is 13.9. The lowest BCUT2D eigenvalue weighted by Gasteiger charge is -2.22. The van der Waals surface area contributed by atoms with Crippen LogP contribution in [0.5, 0.6) is 0 Å². The van der Waals surface area contributed by atoms with Crippen LogP contribution in [0, 0.1) is 5.92 Å². The molecule has 1 aliphatic rings. The van der Waals surface area contributed by atoms with Gasteiger partial charge in [-0.05, 0) is 38.3 Å². The molecule has 1 heterocycles. The van der Waals surface area contributed by atoms with E-state index < -0.39 is 18.0 Å². The highest BCUT2D eigenvalue weighted by Crippen LogP contribution is 2.17. The van der Waals surface area contributed by atoms with Crippen molar-refractivity contribution in [3.05, 3.63) is 0 Å². The molecule has 0 spiro atoms. The van der Waals surface area contributed by atoms with Crippen molar-refractivity contribution in [3.63, 3.8) is 0 Å². The van der Waals surface area contributed by atoms with Crippen molar-refractivity contribution in [2.24, 2.45) is 5.92 Å². The Morgan fingerprint density at radius 3 is 2.36 bits per heavy atom. The molecule has 0 aliphatic carbocycles. The summed E-state index contributed by atoms with van der Waals surface area (Å²) < 4.78 is 9.09. The Labute approximate surface area is 136 Å². The molecule has 0 aromatic rings. The minimum atomic E-state index is -0.983. The van der Waals surface area contributed by atoms with Gasteiger partial charge in [0.1, 0.15) is 6.04 Å². The lowest BCUT2D eigenvalue weighted by atomic mass is 9.93. The summed E-state index contributed by atoms with van der Waals surface area (Å²) in [6.07, 6.45) is 3.05. The van der Waals surface area contributed by atoms with Crippen molar-refractivity contribution in [1.29, 1.82) is 0 Å². The Bertz CT molecular complexity index is 372. The fourth-order valence-electron chi connectivity index (χ4n) is 2.36. The molecule has 0 saturated carbocycles. The van der Waals surface area contributed by atoms with Crippen molar-refractivity contribution in [3.8, 4) is 0 Å². The molecule has 0 bridgehead atoms. The highest BCUT2D eigenvalue weighted by atomic mass is 35.5. The summed E-state index contributed by atoms with van der Waals surface area (Å²) in [6.45, 7) is 1.97. The number of nitrogens with one attached hydrogen (secondary N) is 2. The molecule has 8 heteroatoms. The van der Waals surface area contributed by atoms with Gasteiger partial charge >= 0.3 is 11.9 Å². The second kappa shape index (κ2) is 11.3. The Balaban J connectivity index is 0.00000441. The van der Waals surface area contributed by atoms with Gasteiger partial charge in [0.2, 0.25) is 5.91 Å². The zero-order chi connectivity index (χ0) is 15.7. The van der Waals surface area contributed by atoms with Gasteiger partial charge in [0.25, 0.3) is 0 Å². The normalized spacial score (nSPS) is 16.1. The zero-order valence-electron chi connectivity index (χ0n) is 13.1. The predicted molar refractivity (Wildman–Crippen MR) is 82.7 cm³/mol. The van der Waals surface area contributed by atoms with Crippen molar-refractivity contribution in [1.82, 2.24) is 10.6 Å². The van der Waals surface area contributed by atoms with Gasteiger partial charge in [-0.25, -0.2) is 4.79 Å². The minimum Gasteiger partial charge on any atom is -0.469 e. The summed E-state index contributed by atoms with van der Waals surface area (Å²) in [4.78, 5) is 34.7. The number of esters is 2. The van der Waals surface area contributed by atoms with Gasteiger partial charge in [0.05, 0.1) is 20.6 Å². The number of rotatable bonds is 7. The SMILES string of the molecule is COC(=O)CC(NC(=O)CCC1CCNCC1)C(=O)OC.Cl. The molecule has 7 nitrogen and oxygen atoms in total. The van der Waals surface area contributed by atoms with E-state index in [1.54, 1.807) is 0 Å². The van der Waals surface area contributed by atoms with Gasteiger partial charge in [-0.15, -0.1) is 12.4 Å². The van der Waals surface area contributed by atoms with E-state index in [0.717, 1.165) is 32.4 Å². The van der Waals surface area contributed by atoms with E-state index in [9.17, 15) is 14.4 Å². The molecule has 2 N–H and O–H groups in total. The fraction of sp³-hybridized carbons (Fsp3) is 0.786. The lowest BCUT2D eigenvalue weighted by Crippen LogP contribution is -2.43. The molecule has 22 heavy (non-hydrogen) atoms. The molecule has 1 unspecified atom stereocenters. The molecule has 1 atom stereocenters. The van der Waals surface area contributed by atoms with Gasteiger partial charge in [-0.3, -0.25) is 9.59 Å². The first-order valence-electron chi connectivity index (χ1n) is 7.21. The molecule has 1 fully saturated rings. The number of carbonyl (C=O) groups is 3. The van der Waals surface area contributed by atoms with Crippen molar-refractivity contribution >= 4 is 30.3 Å². The highest BCUT2D eigenvalue weighted by Gasteiger charge is 2.25. The number of halogens is 1. The van der Waals surface area contributed by atoms with E-state index in [1.807, 2.05) is 0 Å². The maximum Gasteiger partial charge on any atom is 0.328 e. The smallest absolute Gasteiger partial charge is 0.328 e. The van der Waals surface area contributed by atoms with Gasteiger partial charge in [0, 0.05) is 6.42 Å². The molecular formula is C14H25ClN2O5. The van der Waals surface area contributed by atoms with Crippen molar-refractivity contribution < 1.29 is 23.9 Å². The number of hydrogen-bond donors (Lipinski definition) is 2. The van der Waals surface area contributed by atoms with Crippen LogP contribution in [0.4, 0.5) is 0 Å². The average Bonchev–Trinajstić information content (AvgIpc) is 2.52. The van der Waals surface area contributed by atoms with E-state index in [-0.39, 0.29) is 24.7 Å². The Morgan fingerprint density at radius 1 is 1.18 bits per heavy atom. The third-order valence-corrected chi connectivity index (χ3v) is 3.66. The third-order valence-electron chi connectivity index (χ3n) is 3.66. The number of piperidine rings is 1. The molecule has 1 aliphatic heterocycles. The van der Waals surface area contributed by atoms with Crippen molar-refractivity contribution in [2.75, 3.05) is 27.3 Å².